The van der Waals surface area contributed by atoms with Crippen LogP contribution in [0.3, 0.4) is 0 Å². The van der Waals surface area contributed by atoms with Gasteiger partial charge in [-0.15, -0.1) is 0 Å². The predicted molar refractivity (Wildman–Crippen MR) is 157 cm³/mol. The molecule has 2 aromatic rings. The number of carbonyl (C=O) groups excluding carboxylic acids is 4. The van der Waals surface area contributed by atoms with E-state index in [9.17, 15) is 36.7 Å². The first-order valence-corrected chi connectivity index (χ1v) is 14.8. The van der Waals surface area contributed by atoms with Crippen LogP contribution in [0, 0.1) is 11.7 Å². The second-order valence-corrected chi connectivity index (χ2v) is 11.3. The van der Waals surface area contributed by atoms with E-state index >= 15 is 0 Å². The third-order valence-corrected chi connectivity index (χ3v) is 7.94. The number of anilines is 1. The van der Waals surface area contributed by atoms with Crippen molar-refractivity contribution in [2.75, 3.05) is 51.3 Å². The van der Waals surface area contributed by atoms with Gasteiger partial charge in [-0.05, 0) is 55.3 Å². The Morgan fingerprint density at radius 1 is 1.04 bits per heavy atom. The van der Waals surface area contributed by atoms with Crippen LogP contribution in [-0.4, -0.2) is 85.5 Å². The highest BCUT2D eigenvalue weighted by Crippen LogP contribution is 2.40. The van der Waals surface area contributed by atoms with Gasteiger partial charge in [0.1, 0.15) is 17.1 Å². The fraction of sp³-hybridized carbons (Fsp3) is 0.484. The molecule has 0 saturated carbocycles. The van der Waals surface area contributed by atoms with Gasteiger partial charge >= 0.3 is 12.2 Å². The number of benzene rings is 2. The van der Waals surface area contributed by atoms with Gasteiger partial charge in [-0.3, -0.25) is 24.2 Å². The number of imide groups is 1. The molecule has 2 N–H and O–H groups in total. The predicted octanol–water partition coefficient (Wildman–Crippen LogP) is 4.05. The molecule has 10 nitrogen and oxygen atoms in total. The molecule has 0 atom stereocenters. The van der Waals surface area contributed by atoms with Gasteiger partial charge in [-0.25, -0.2) is 9.18 Å². The molecule has 14 heteroatoms. The molecular weight excluding hydrogens is 598 g/mol. The number of alkyl halides is 3. The molecule has 0 aliphatic carbocycles. The normalized spacial score (nSPS) is 18.0. The summed E-state index contributed by atoms with van der Waals surface area (Å²) >= 11 is 0. The third kappa shape index (κ3) is 7.21. The topological polar surface area (TPSA) is 111 Å². The average molecular weight is 636 g/mol. The van der Waals surface area contributed by atoms with Crippen LogP contribution in [0.4, 0.5) is 28.0 Å². The lowest BCUT2D eigenvalue weighted by Gasteiger charge is -2.42. The number of carbonyl (C=O) groups is 4. The minimum atomic E-state index is -4.77. The molecule has 0 aromatic heterocycles. The van der Waals surface area contributed by atoms with Gasteiger partial charge in [0.25, 0.3) is 11.8 Å². The molecule has 3 aliphatic rings. The van der Waals surface area contributed by atoms with E-state index in [1.807, 2.05) is 0 Å². The zero-order valence-electron chi connectivity index (χ0n) is 25.4. The van der Waals surface area contributed by atoms with Gasteiger partial charge in [0, 0.05) is 44.8 Å². The van der Waals surface area contributed by atoms with Crippen molar-refractivity contribution in [3.63, 3.8) is 0 Å². The average Bonchev–Trinajstić information content (AvgIpc) is 3.16. The van der Waals surface area contributed by atoms with Crippen LogP contribution in [0.2, 0.25) is 0 Å². The molecule has 244 valence electrons. The minimum Gasteiger partial charge on any atom is -0.493 e. The minimum absolute atomic E-state index is 0.0760. The monoisotopic (exact) mass is 635 g/mol. The SMILES string of the molecule is CCC.CN1C(=O)N(c2ccc(OCC3CNC3)cc2)C2(CCN(C(=O)CNC(=O)c3cc(C(F)(F)F)ccc3F)CC2)C1=O. The van der Waals surface area contributed by atoms with Gasteiger partial charge in [-0.2, -0.15) is 13.2 Å². The first kappa shape index (κ1) is 33.7. The number of likely N-dealkylation sites (tertiary alicyclic amines) is 1. The van der Waals surface area contributed by atoms with Gasteiger partial charge in [0.15, 0.2) is 0 Å². The van der Waals surface area contributed by atoms with Crippen LogP contribution in [0.5, 0.6) is 5.75 Å². The summed E-state index contributed by atoms with van der Waals surface area (Å²) in [7, 11) is 1.40. The molecule has 0 radical (unpaired) electrons. The summed E-state index contributed by atoms with van der Waals surface area (Å²) in [5.41, 5.74) is -2.74. The maximum absolute atomic E-state index is 14.0. The fourth-order valence-corrected chi connectivity index (χ4v) is 5.36. The Hall–Kier alpha value is -4.20. The lowest BCUT2D eigenvalue weighted by atomic mass is 9.85. The number of rotatable bonds is 7. The van der Waals surface area contributed by atoms with Gasteiger partial charge in [-0.1, -0.05) is 20.3 Å². The van der Waals surface area contributed by atoms with E-state index in [4.69, 9.17) is 4.74 Å². The van der Waals surface area contributed by atoms with Crippen molar-refractivity contribution in [3.05, 3.63) is 59.4 Å². The number of amides is 5. The van der Waals surface area contributed by atoms with Crippen LogP contribution in [0.1, 0.15) is 49.0 Å². The van der Waals surface area contributed by atoms with Gasteiger partial charge < -0.3 is 20.3 Å². The molecule has 3 heterocycles. The van der Waals surface area contributed by atoms with Crippen molar-refractivity contribution in [1.29, 1.82) is 0 Å². The lowest BCUT2D eigenvalue weighted by Crippen LogP contribution is -2.58. The number of hydrogen-bond acceptors (Lipinski definition) is 6. The quantitative estimate of drug-likeness (QED) is 0.351. The van der Waals surface area contributed by atoms with E-state index in [0.29, 0.717) is 42.2 Å². The van der Waals surface area contributed by atoms with Crippen LogP contribution < -0.4 is 20.3 Å². The largest absolute Gasteiger partial charge is 0.493 e. The van der Waals surface area contributed by atoms with E-state index < -0.39 is 59.0 Å². The van der Waals surface area contributed by atoms with E-state index in [2.05, 4.69) is 24.5 Å². The maximum atomic E-state index is 14.0. The van der Waals surface area contributed by atoms with Crippen molar-refractivity contribution in [2.24, 2.45) is 5.92 Å². The van der Waals surface area contributed by atoms with Crippen molar-refractivity contribution in [1.82, 2.24) is 20.4 Å². The highest BCUT2D eigenvalue weighted by Gasteiger charge is 2.57. The lowest BCUT2D eigenvalue weighted by molar-refractivity contribution is -0.137. The number of piperidine rings is 1. The Balaban J connectivity index is 0.00000148. The van der Waals surface area contributed by atoms with Crippen LogP contribution in [0.15, 0.2) is 42.5 Å². The zero-order valence-corrected chi connectivity index (χ0v) is 25.4. The third-order valence-electron chi connectivity index (χ3n) is 7.94. The van der Waals surface area contributed by atoms with E-state index in [0.717, 1.165) is 18.0 Å². The van der Waals surface area contributed by atoms with Gasteiger partial charge in [0.2, 0.25) is 5.91 Å². The molecule has 2 aromatic carbocycles. The number of halogens is 4. The van der Waals surface area contributed by atoms with Crippen LogP contribution in [0.25, 0.3) is 0 Å². The first-order valence-electron chi connectivity index (χ1n) is 14.8. The summed E-state index contributed by atoms with van der Waals surface area (Å²) in [6, 6.07) is 7.84. The van der Waals surface area contributed by atoms with E-state index in [1.54, 1.807) is 24.3 Å². The number of urea groups is 1. The first-order chi connectivity index (χ1) is 21.3. The Morgan fingerprint density at radius 3 is 2.22 bits per heavy atom. The number of nitrogens with zero attached hydrogens (tertiary/aromatic N) is 3. The molecule has 5 amide bonds. The summed E-state index contributed by atoms with van der Waals surface area (Å²) < 4.78 is 58.8. The fourth-order valence-electron chi connectivity index (χ4n) is 5.36. The highest BCUT2D eigenvalue weighted by molar-refractivity contribution is 6.16. The highest BCUT2D eigenvalue weighted by atomic mass is 19.4. The summed E-state index contributed by atoms with van der Waals surface area (Å²) in [5, 5.41) is 5.35. The van der Waals surface area contributed by atoms with E-state index in [1.165, 1.54) is 23.3 Å². The summed E-state index contributed by atoms with van der Waals surface area (Å²) in [5.74, 6) is -2.20. The molecule has 0 bridgehead atoms. The molecule has 1 spiro atoms. The molecule has 3 fully saturated rings. The number of nitrogens with one attached hydrogen (secondary N) is 2. The summed E-state index contributed by atoms with van der Waals surface area (Å²) in [6.45, 7) is 6.18. The Bertz CT molecular complexity index is 1410. The van der Waals surface area contributed by atoms with Crippen molar-refractivity contribution >= 4 is 29.4 Å². The smallest absolute Gasteiger partial charge is 0.416 e. The Morgan fingerprint density at radius 2 is 1.67 bits per heavy atom. The molecule has 45 heavy (non-hydrogen) atoms. The van der Waals surface area contributed by atoms with Crippen molar-refractivity contribution in [3.8, 4) is 5.75 Å². The molecule has 5 rings (SSSR count). The number of ether oxygens (including phenoxy) is 1. The molecular formula is C31H37F4N5O5. The zero-order chi connectivity index (χ0) is 32.9. The molecule has 3 aliphatic heterocycles. The standard InChI is InChI=1S/C28H29F4N5O5.C3H8/c1-35-25(40)27(37(26(35)41)19-3-5-20(6-4-19)42-16-17-13-33-14-17)8-10-36(11-9-27)23(38)15-34-24(39)21-12-18(28(30,31)32)2-7-22(21)29;1-3-2/h2-7,12,17,33H,8-11,13-16H2,1H3,(H,34,39);3H2,1-2H3. The number of likely N-dealkylation sites (N-methyl/N-ethyl adjacent to an activating group) is 1. The van der Waals surface area contributed by atoms with Crippen LogP contribution >= 0.6 is 0 Å². The number of hydrogen-bond donors (Lipinski definition) is 2. The Kier molecular flexibility index (Phi) is 10.4. The second kappa shape index (κ2) is 13.8. The van der Waals surface area contributed by atoms with Crippen molar-refractivity contribution < 1.29 is 41.5 Å². The Labute approximate surface area is 258 Å². The molecule has 3 saturated heterocycles. The van der Waals surface area contributed by atoms with Crippen LogP contribution in [-0.2, 0) is 15.8 Å². The summed E-state index contributed by atoms with van der Waals surface area (Å²) in [6.07, 6.45) is -3.28. The van der Waals surface area contributed by atoms with Gasteiger partial charge in [0.05, 0.1) is 24.3 Å². The summed E-state index contributed by atoms with van der Waals surface area (Å²) in [4.78, 5) is 55.5. The second-order valence-electron chi connectivity index (χ2n) is 11.3. The van der Waals surface area contributed by atoms with Crippen molar-refractivity contribution in [2.45, 2.75) is 44.8 Å². The maximum Gasteiger partial charge on any atom is 0.416 e. The molecule has 0 unspecified atom stereocenters. The van der Waals surface area contributed by atoms with E-state index in [-0.39, 0.29) is 25.9 Å².